The average molecular weight is 475 g/mol. The molecule has 1 aliphatic rings. The third kappa shape index (κ3) is 5.96. The molecule has 1 saturated heterocycles. The zero-order valence-corrected chi connectivity index (χ0v) is 20.4. The number of amides is 1. The molecule has 1 aliphatic heterocycles. The Labute approximate surface area is 198 Å². The predicted molar refractivity (Wildman–Crippen MR) is 135 cm³/mol. The molecule has 0 saturated carbocycles. The van der Waals surface area contributed by atoms with Crippen molar-refractivity contribution in [2.24, 2.45) is 0 Å². The number of carbonyl (C=O) groups excluding carboxylic acids is 1. The number of hydrogen-bond donors (Lipinski definition) is 1. The van der Waals surface area contributed by atoms with Gasteiger partial charge in [-0.05, 0) is 44.9 Å². The highest BCUT2D eigenvalue weighted by Gasteiger charge is 2.32. The first-order chi connectivity index (χ1) is 15.4. The van der Waals surface area contributed by atoms with Gasteiger partial charge in [-0.1, -0.05) is 49.8 Å². The first-order valence-electron chi connectivity index (χ1n) is 11.0. The van der Waals surface area contributed by atoms with Gasteiger partial charge in [0.2, 0.25) is 0 Å². The monoisotopic (exact) mass is 474 g/mol. The molecule has 0 spiro atoms. The maximum atomic E-state index is 13.2. The van der Waals surface area contributed by atoms with Gasteiger partial charge >= 0.3 is 0 Å². The Bertz CT molecular complexity index is 1060. The van der Waals surface area contributed by atoms with Gasteiger partial charge < -0.3 is 10.1 Å². The number of fused-ring (bicyclic) bond motifs is 1. The van der Waals surface area contributed by atoms with E-state index in [0.29, 0.717) is 46.0 Å². The van der Waals surface area contributed by atoms with Crippen LogP contribution < -0.4 is 10.9 Å². The molecule has 0 aliphatic carbocycles. The smallest absolute Gasteiger partial charge is 0.267 e. The maximum absolute atomic E-state index is 13.2. The highest BCUT2D eigenvalue weighted by Crippen LogP contribution is 2.33. The molecule has 2 aromatic rings. The number of nitrogens with zero attached hydrogens (tertiary/aromatic N) is 3. The van der Waals surface area contributed by atoms with Gasteiger partial charge in [-0.2, -0.15) is 0 Å². The fourth-order valence-corrected chi connectivity index (χ4v) is 4.60. The van der Waals surface area contributed by atoms with Crippen LogP contribution in [0.3, 0.4) is 0 Å². The number of nitrogens with one attached hydrogen (secondary N) is 1. The van der Waals surface area contributed by atoms with Crippen molar-refractivity contribution in [3.05, 3.63) is 45.2 Å². The van der Waals surface area contributed by atoms with E-state index in [4.69, 9.17) is 17.0 Å². The summed E-state index contributed by atoms with van der Waals surface area (Å²) in [5, 5.41) is 3.26. The van der Waals surface area contributed by atoms with E-state index in [1.165, 1.54) is 16.2 Å². The molecule has 2 aromatic heterocycles. The van der Waals surface area contributed by atoms with Crippen LogP contribution in [0.5, 0.6) is 0 Å². The quantitative estimate of drug-likeness (QED) is 0.295. The Hall–Kier alpha value is -2.23. The largest absolute Gasteiger partial charge is 0.379 e. The van der Waals surface area contributed by atoms with Crippen LogP contribution in [0.25, 0.3) is 11.7 Å². The Morgan fingerprint density at radius 1 is 1.25 bits per heavy atom. The number of anilines is 1. The van der Waals surface area contributed by atoms with Crippen molar-refractivity contribution >= 4 is 51.7 Å². The number of thiocarbonyl (C=S) groups is 1. The van der Waals surface area contributed by atoms with Gasteiger partial charge in [-0.15, -0.1) is 0 Å². The van der Waals surface area contributed by atoms with E-state index < -0.39 is 0 Å². The van der Waals surface area contributed by atoms with Crippen molar-refractivity contribution in [3.63, 3.8) is 0 Å². The van der Waals surface area contributed by atoms with Crippen molar-refractivity contribution in [1.82, 2.24) is 14.3 Å². The number of rotatable bonds is 11. The number of pyridine rings is 1. The fourth-order valence-electron chi connectivity index (χ4n) is 3.31. The normalized spacial score (nSPS) is 15.5. The minimum Gasteiger partial charge on any atom is -0.379 e. The summed E-state index contributed by atoms with van der Waals surface area (Å²) in [6.45, 7) is 7.93. The van der Waals surface area contributed by atoms with E-state index >= 15 is 0 Å². The van der Waals surface area contributed by atoms with Crippen LogP contribution in [0, 0.1) is 0 Å². The van der Waals surface area contributed by atoms with E-state index in [-0.39, 0.29) is 17.6 Å². The van der Waals surface area contributed by atoms with Gasteiger partial charge in [0.25, 0.3) is 11.5 Å². The summed E-state index contributed by atoms with van der Waals surface area (Å²) in [6, 6.07) is 5.40. The van der Waals surface area contributed by atoms with Gasteiger partial charge in [0.1, 0.15) is 15.8 Å². The van der Waals surface area contributed by atoms with E-state index in [2.05, 4.69) is 17.2 Å². The summed E-state index contributed by atoms with van der Waals surface area (Å²) >= 11 is 6.66. The first kappa shape index (κ1) is 24.4. The van der Waals surface area contributed by atoms with Gasteiger partial charge in [-0.3, -0.25) is 18.9 Å². The highest BCUT2D eigenvalue weighted by molar-refractivity contribution is 8.26. The number of aromatic nitrogens is 2. The second-order valence-corrected chi connectivity index (χ2v) is 9.52. The minimum atomic E-state index is -0.229. The first-order valence-corrected chi connectivity index (χ1v) is 12.3. The molecule has 0 bridgehead atoms. The number of thioether (sulfide) groups is 1. The average Bonchev–Trinajstić information content (AvgIpc) is 3.03. The molecule has 0 atom stereocenters. The Morgan fingerprint density at radius 2 is 2.06 bits per heavy atom. The second-order valence-electron chi connectivity index (χ2n) is 7.85. The van der Waals surface area contributed by atoms with Gasteiger partial charge in [0.15, 0.2) is 0 Å². The number of ether oxygens (including phenoxy) is 1. The van der Waals surface area contributed by atoms with Crippen LogP contribution in [-0.4, -0.2) is 50.3 Å². The van der Waals surface area contributed by atoms with E-state index in [1.54, 1.807) is 29.3 Å². The van der Waals surface area contributed by atoms with Crippen molar-refractivity contribution in [2.75, 3.05) is 25.0 Å². The summed E-state index contributed by atoms with van der Waals surface area (Å²) in [5.74, 6) is 0.312. The topological polar surface area (TPSA) is 75.9 Å². The van der Waals surface area contributed by atoms with Crippen molar-refractivity contribution in [3.8, 4) is 0 Å². The summed E-state index contributed by atoms with van der Waals surface area (Å²) in [5.41, 5.74) is 0.669. The maximum Gasteiger partial charge on any atom is 0.267 e. The zero-order chi connectivity index (χ0) is 23.1. The molecule has 0 aromatic carbocycles. The van der Waals surface area contributed by atoms with Crippen molar-refractivity contribution < 1.29 is 9.53 Å². The predicted octanol–water partition coefficient (Wildman–Crippen LogP) is 4.31. The highest BCUT2D eigenvalue weighted by atomic mass is 32.2. The third-order valence-corrected chi connectivity index (χ3v) is 6.35. The van der Waals surface area contributed by atoms with E-state index in [9.17, 15) is 9.59 Å². The minimum absolute atomic E-state index is 0.148. The number of hydrogen-bond acceptors (Lipinski definition) is 7. The molecular weight excluding hydrogens is 444 g/mol. The van der Waals surface area contributed by atoms with Crippen LogP contribution >= 0.6 is 24.0 Å². The fraction of sp³-hybridized carbons (Fsp3) is 0.478. The third-order valence-electron chi connectivity index (χ3n) is 4.97. The summed E-state index contributed by atoms with van der Waals surface area (Å²) in [4.78, 5) is 32.9. The Morgan fingerprint density at radius 3 is 2.81 bits per heavy atom. The lowest BCUT2D eigenvalue weighted by Crippen LogP contribution is -2.29. The molecule has 1 N–H and O–H groups in total. The molecule has 9 heteroatoms. The molecule has 1 amide bonds. The summed E-state index contributed by atoms with van der Waals surface area (Å²) in [7, 11) is 0. The van der Waals surface area contributed by atoms with Gasteiger partial charge in [-0.25, -0.2) is 4.98 Å². The molecule has 0 radical (unpaired) electrons. The molecule has 3 rings (SSSR count). The molecule has 1 fully saturated rings. The van der Waals surface area contributed by atoms with Crippen LogP contribution in [0.4, 0.5) is 5.82 Å². The van der Waals surface area contributed by atoms with Gasteiger partial charge in [0.05, 0.1) is 16.6 Å². The van der Waals surface area contributed by atoms with Crippen LogP contribution in [0.1, 0.15) is 52.0 Å². The Balaban J connectivity index is 1.88. The van der Waals surface area contributed by atoms with E-state index in [0.717, 1.165) is 25.7 Å². The molecular formula is C23H30N4O3S2. The standard InChI is InChI=1S/C23H30N4O3S2/c1-4-5-7-13-27-22(29)18(32-23(27)31)15-17-20(24-11-9-14-30-16(2)3)25-19-10-6-8-12-26(19)21(17)28/h6,8,10,12,15-16,24H,4-5,7,9,11,13-14H2,1-3H3/b18-15-. The molecule has 7 nitrogen and oxygen atoms in total. The lowest BCUT2D eigenvalue weighted by atomic mass is 10.2. The van der Waals surface area contributed by atoms with Crippen molar-refractivity contribution in [1.29, 1.82) is 0 Å². The van der Waals surface area contributed by atoms with Crippen LogP contribution in [0.2, 0.25) is 0 Å². The molecule has 172 valence electrons. The molecule has 32 heavy (non-hydrogen) atoms. The molecule has 0 unspecified atom stereocenters. The van der Waals surface area contributed by atoms with E-state index in [1.807, 2.05) is 19.9 Å². The van der Waals surface area contributed by atoms with Crippen LogP contribution in [0.15, 0.2) is 34.1 Å². The molecule has 3 heterocycles. The lowest BCUT2D eigenvalue weighted by Gasteiger charge is -2.14. The summed E-state index contributed by atoms with van der Waals surface area (Å²) in [6.07, 6.45) is 7.27. The summed E-state index contributed by atoms with van der Waals surface area (Å²) < 4.78 is 7.60. The van der Waals surface area contributed by atoms with Crippen molar-refractivity contribution in [2.45, 2.75) is 52.6 Å². The van der Waals surface area contributed by atoms with Gasteiger partial charge in [0, 0.05) is 25.9 Å². The zero-order valence-electron chi connectivity index (χ0n) is 18.8. The SMILES string of the molecule is CCCCCN1C(=O)/C(=C/c2c(NCCCOC(C)C)nc3ccccn3c2=O)SC1=S. The van der Waals surface area contributed by atoms with Crippen LogP contribution in [-0.2, 0) is 9.53 Å². The number of carbonyl (C=O) groups is 1. The number of unbranched alkanes of at least 4 members (excludes halogenated alkanes) is 2. The lowest BCUT2D eigenvalue weighted by molar-refractivity contribution is -0.122. The second kappa shape index (κ2) is 11.6. The Kier molecular flexibility index (Phi) is 8.84.